The molecular weight excluding hydrogens is 302 g/mol. The maximum Gasteiger partial charge on any atom is 0.0406 e. The number of benzene rings is 2. The highest BCUT2D eigenvalue weighted by Crippen LogP contribution is 2.26. The first-order chi connectivity index (χ1) is 11.1. The van der Waals surface area contributed by atoms with E-state index in [1.807, 2.05) is 12.1 Å². The Morgan fingerprint density at radius 3 is 1.91 bits per heavy atom. The van der Waals surface area contributed by atoms with Crippen molar-refractivity contribution in [3.05, 3.63) is 59.1 Å². The molecule has 0 bridgehead atoms. The molecule has 0 fully saturated rings. The smallest absolute Gasteiger partial charge is 0.0406 e. The fourth-order valence-corrected chi connectivity index (χ4v) is 3.10. The molecular formula is C21H28ClN. The summed E-state index contributed by atoms with van der Waals surface area (Å²) in [4.78, 5) is 2.50. The molecule has 1 atom stereocenters. The highest BCUT2D eigenvalue weighted by atomic mass is 35.5. The minimum atomic E-state index is 0.616. The molecule has 2 rings (SSSR count). The van der Waals surface area contributed by atoms with Gasteiger partial charge in [-0.1, -0.05) is 68.8 Å². The van der Waals surface area contributed by atoms with Gasteiger partial charge in [0, 0.05) is 5.02 Å². The Labute approximate surface area is 146 Å². The third-order valence-corrected chi connectivity index (χ3v) is 4.92. The van der Waals surface area contributed by atoms with Crippen molar-refractivity contribution in [3.63, 3.8) is 0 Å². The Bertz CT molecular complexity index is 570. The molecule has 0 saturated heterocycles. The van der Waals surface area contributed by atoms with E-state index in [9.17, 15) is 0 Å². The van der Waals surface area contributed by atoms with Crippen molar-refractivity contribution in [1.82, 2.24) is 4.90 Å². The van der Waals surface area contributed by atoms with Crippen molar-refractivity contribution in [2.45, 2.75) is 39.5 Å². The zero-order valence-electron chi connectivity index (χ0n) is 14.6. The van der Waals surface area contributed by atoms with E-state index in [0.717, 1.165) is 18.1 Å². The molecule has 0 saturated carbocycles. The van der Waals surface area contributed by atoms with E-state index >= 15 is 0 Å². The van der Waals surface area contributed by atoms with Crippen LogP contribution in [0, 0.1) is 0 Å². The number of hydrogen-bond acceptors (Lipinski definition) is 1. The number of halogens is 1. The van der Waals surface area contributed by atoms with Gasteiger partial charge in [-0.3, -0.25) is 0 Å². The van der Waals surface area contributed by atoms with Crippen molar-refractivity contribution in [1.29, 1.82) is 0 Å². The molecule has 1 nitrogen and oxygen atoms in total. The van der Waals surface area contributed by atoms with Gasteiger partial charge in [0.25, 0.3) is 0 Å². The summed E-state index contributed by atoms with van der Waals surface area (Å²) in [7, 11) is 0. The van der Waals surface area contributed by atoms with Crippen molar-refractivity contribution in [2.24, 2.45) is 0 Å². The molecule has 0 N–H and O–H groups in total. The summed E-state index contributed by atoms with van der Waals surface area (Å²) in [6.45, 7) is 10.3. The molecule has 23 heavy (non-hydrogen) atoms. The Hall–Kier alpha value is -1.31. The first-order valence-electron chi connectivity index (χ1n) is 8.72. The lowest BCUT2D eigenvalue weighted by Crippen LogP contribution is -2.24. The molecule has 2 aromatic rings. The van der Waals surface area contributed by atoms with E-state index in [4.69, 9.17) is 11.6 Å². The largest absolute Gasteiger partial charge is 0.304 e. The standard InChI is InChI=1S/C21H28ClN/c1-4-23(5-2)16-6-7-17(3)18-8-10-19(11-9-18)20-12-14-21(22)15-13-20/h8-15,17H,4-7,16H2,1-3H3. The number of rotatable bonds is 8. The van der Waals surface area contributed by atoms with Crippen molar-refractivity contribution >= 4 is 11.6 Å². The molecule has 0 aliphatic heterocycles. The number of nitrogens with zero attached hydrogens (tertiary/aromatic N) is 1. The maximum atomic E-state index is 5.95. The SMILES string of the molecule is CCN(CC)CCCC(C)c1ccc(-c2ccc(Cl)cc2)cc1. The zero-order chi connectivity index (χ0) is 16.7. The Morgan fingerprint density at radius 1 is 0.870 bits per heavy atom. The van der Waals surface area contributed by atoms with Gasteiger partial charge in [0.15, 0.2) is 0 Å². The topological polar surface area (TPSA) is 3.24 Å². The molecule has 0 aliphatic rings. The van der Waals surface area contributed by atoms with Crippen LogP contribution in [0.5, 0.6) is 0 Å². The molecule has 1 unspecified atom stereocenters. The molecule has 0 aliphatic carbocycles. The minimum absolute atomic E-state index is 0.616. The molecule has 0 spiro atoms. The van der Waals surface area contributed by atoms with Crippen LogP contribution in [0.25, 0.3) is 11.1 Å². The quantitative estimate of drug-likeness (QED) is 0.554. The second-order valence-corrected chi connectivity index (χ2v) is 6.64. The van der Waals surface area contributed by atoms with Crippen LogP contribution in [-0.2, 0) is 0 Å². The third kappa shape index (κ3) is 5.37. The van der Waals surface area contributed by atoms with Crippen molar-refractivity contribution in [3.8, 4) is 11.1 Å². The van der Waals surface area contributed by atoms with Crippen molar-refractivity contribution in [2.75, 3.05) is 19.6 Å². The minimum Gasteiger partial charge on any atom is -0.304 e. The van der Waals surface area contributed by atoms with Crippen molar-refractivity contribution < 1.29 is 0 Å². The highest BCUT2D eigenvalue weighted by molar-refractivity contribution is 6.30. The van der Waals surface area contributed by atoms with E-state index in [0.29, 0.717) is 5.92 Å². The predicted octanol–water partition coefficient (Wildman–Crippen LogP) is 6.23. The van der Waals surface area contributed by atoms with E-state index in [1.54, 1.807) is 0 Å². The molecule has 0 aromatic heterocycles. The summed E-state index contributed by atoms with van der Waals surface area (Å²) in [6, 6.07) is 17.0. The van der Waals surface area contributed by atoms with Crippen LogP contribution in [0.15, 0.2) is 48.5 Å². The van der Waals surface area contributed by atoms with E-state index in [1.165, 1.54) is 36.1 Å². The van der Waals surface area contributed by atoms with Gasteiger partial charge in [-0.05, 0) is 67.2 Å². The first-order valence-corrected chi connectivity index (χ1v) is 9.10. The van der Waals surface area contributed by atoms with Crippen LogP contribution in [-0.4, -0.2) is 24.5 Å². The van der Waals surface area contributed by atoms with Gasteiger partial charge < -0.3 is 4.90 Å². The summed E-state index contributed by atoms with van der Waals surface area (Å²) in [5, 5.41) is 0.784. The van der Waals surface area contributed by atoms with E-state index in [2.05, 4.69) is 62.1 Å². The second kappa shape index (κ2) is 9.10. The first kappa shape index (κ1) is 18.0. The summed E-state index contributed by atoms with van der Waals surface area (Å²) >= 11 is 5.95. The average molecular weight is 330 g/mol. The average Bonchev–Trinajstić information content (AvgIpc) is 2.59. The lowest BCUT2D eigenvalue weighted by atomic mass is 9.94. The van der Waals surface area contributed by atoms with Crippen LogP contribution in [0.2, 0.25) is 5.02 Å². The summed E-state index contributed by atoms with van der Waals surface area (Å²) in [6.07, 6.45) is 2.51. The molecule has 0 heterocycles. The van der Waals surface area contributed by atoms with E-state index in [-0.39, 0.29) is 0 Å². The lowest BCUT2D eigenvalue weighted by Gasteiger charge is -2.19. The summed E-state index contributed by atoms with van der Waals surface area (Å²) in [5.74, 6) is 0.616. The Morgan fingerprint density at radius 2 is 1.39 bits per heavy atom. The zero-order valence-corrected chi connectivity index (χ0v) is 15.3. The van der Waals surface area contributed by atoms with Gasteiger partial charge >= 0.3 is 0 Å². The van der Waals surface area contributed by atoms with Crippen LogP contribution in [0.1, 0.15) is 45.1 Å². The van der Waals surface area contributed by atoms with Crippen LogP contribution < -0.4 is 0 Å². The number of hydrogen-bond donors (Lipinski definition) is 0. The molecule has 0 amide bonds. The monoisotopic (exact) mass is 329 g/mol. The van der Waals surface area contributed by atoms with Crippen LogP contribution >= 0.6 is 11.6 Å². The fourth-order valence-electron chi connectivity index (χ4n) is 2.97. The van der Waals surface area contributed by atoms with Gasteiger partial charge in [-0.15, -0.1) is 0 Å². The van der Waals surface area contributed by atoms with Gasteiger partial charge in [0.05, 0.1) is 0 Å². The van der Waals surface area contributed by atoms with Gasteiger partial charge in [-0.25, -0.2) is 0 Å². The lowest BCUT2D eigenvalue weighted by molar-refractivity contribution is 0.294. The third-order valence-electron chi connectivity index (χ3n) is 4.66. The second-order valence-electron chi connectivity index (χ2n) is 6.20. The fraction of sp³-hybridized carbons (Fsp3) is 0.429. The van der Waals surface area contributed by atoms with Crippen LogP contribution in [0.3, 0.4) is 0 Å². The maximum absolute atomic E-state index is 5.95. The summed E-state index contributed by atoms with van der Waals surface area (Å²) < 4.78 is 0. The molecule has 124 valence electrons. The van der Waals surface area contributed by atoms with Crippen LogP contribution in [0.4, 0.5) is 0 Å². The van der Waals surface area contributed by atoms with E-state index < -0.39 is 0 Å². The van der Waals surface area contributed by atoms with Gasteiger partial charge in [-0.2, -0.15) is 0 Å². The summed E-state index contributed by atoms with van der Waals surface area (Å²) in [5.41, 5.74) is 3.90. The molecule has 0 radical (unpaired) electrons. The van der Waals surface area contributed by atoms with Gasteiger partial charge in [0.2, 0.25) is 0 Å². The Kier molecular flexibility index (Phi) is 7.14. The Balaban J connectivity index is 1.92. The molecule has 2 heteroatoms. The molecule has 2 aromatic carbocycles. The van der Waals surface area contributed by atoms with Gasteiger partial charge in [0.1, 0.15) is 0 Å². The highest BCUT2D eigenvalue weighted by Gasteiger charge is 2.07. The normalized spacial score (nSPS) is 12.6. The predicted molar refractivity (Wildman–Crippen MR) is 102 cm³/mol.